The average Bonchev–Trinajstić information content (AvgIpc) is 2.30. The fourth-order valence-electron chi connectivity index (χ4n) is 3.05. The zero-order chi connectivity index (χ0) is 10.7. The van der Waals surface area contributed by atoms with E-state index < -0.39 is 0 Å². The molecule has 2 fully saturated rings. The molecule has 0 bridgehead atoms. The Labute approximate surface area is 94.6 Å². The summed E-state index contributed by atoms with van der Waals surface area (Å²) in [5.74, 6) is 0.984. The van der Waals surface area contributed by atoms with E-state index in [1.165, 1.54) is 58.4 Å². The molecule has 1 saturated carbocycles. The van der Waals surface area contributed by atoms with Gasteiger partial charge in [0.1, 0.15) is 0 Å². The maximum Gasteiger partial charge on any atom is 0.0113 e. The van der Waals surface area contributed by atoms with Crippen molar-refractivity contribution in [2.75, 3.05) is 32.7 Å². The highest BCUT2D eigenvalue weighted by Crippen LogP contribution is 2.27. The Morgan fingerprint density at radius 3 is 2.07 bits per heavy atom. The number of rotatable bonds is 2. The zero-order valence-electron chi connectivity index (χ0n) is 10.4. The molecule has 2 aliphatic rings. The first-order chi connectivity index (χ1) is 7.29. The zero-order valence-corrected chi connectivity index (χ0v) is 10.4. The molecule has 2 nitrogen and oxygen atoms in total. The van der Waals surface area contributed by atoms with Crippen molar-refractivity contribution in [2.45, 2.75) is 45.6 Å². The highest BCUT2D eigenvalue weighted by atomic mass is 15.3. The summed E-state index contributed by atoms with van der Waals surface area (Å²) in [5, 5.41) is 0. The second kappa shape index (κ2) is 5.31. The van der Waals surface area contributed by atoms with Crippen molar-refractivity contribution in [3.63, 3.8) is 0 Å². The Hall–Kier alpha value is -0.0800. The van der Waals surface area contributed by atoms with Gasteiger partial charge < -0.3 is 4.90 Å². The van der Waals surface area contributed by atoms with Crippen LogP contribution >= 0.6 is 0 Å². The van der Waals surface area contributed by atoms with E-state index in [4.69, 9.17) is 0 Å². The fourth-order valence-corrected chi connectivity index (χ4v) is 3.05. The van der Waals surface area contributed by atoms with Gasteiger partial charge in [-0.2, -0.15) is 0 Å². The van der Waals surface area contributed by atoms with Gasteiger partial charge in [-0.25, -0.2) is 0 Å². The molecule has 0 atom stereocenters. The molecule has 1 aliphatic heterocycles. The van der Waals surface area contributed by atoms with E-state index in [0.29, 0.717) is 0 Å². The molecule has 0 amide bonds. The molecule has 0 N–H and O–H groups in total. The lowest BCUT2D eigenvalue weighted by atomic mass is 9.86. The van der Waals surface area contributed by atoms with Gasteiger partial charge >= 0.3 is 0 Å². The van der Waals surface area contributed by atoms with Crippen molar-refractivity contribution in [1.29, 1.82) is 0 Å². The van der Waals surface area contributed by atoms with Crippen LogP contribution < -0.4 is 0 Å². The molecule has 0 aromatic carbocycles. The van der Waals surface area contributed by atoms with Crippen LogP contribution in [0.3, 0.4) is 0 Å². The van der Waals surface area contributed by atoms with E-state index in [0.717, 1.165) is 12.0 Å². The topological polar surface area (TPSA) is 6.48 Å². The molecule has 0 unspecified atom stereocenters. The highest BCUT2D eigenvalue weighted by Gasteiger charge is 2.26. The van der Waals surface area contributed by atoms with Crippen LogP contribution in [0, 0.1) is 5.92 Å². The summed E-state index contributed by atoms with van der Waals surface area (Å²) in [7, 11) is 0. The monoisotopic (exact) mass is 210 g/mol. The molecule has 2 rings (SSSR count). The van der Waals surface area contributed by atoms with Crippen LogP contribution in [0.1, 0.15) is 39.5 Å². The summed E-state index contributed by atoms with van der Waals surface area (Å²) in [6.07, 6.45) is 5.82. The van der Waals surface area contributed by atoms with Gasteiger partial charge in [0.2, 0.25) is 0 Å². The summed E-state index contributed by atoms with van der Waals surface area (Å²) in [6, 6.07) is 0.917. The summed E-state index contributed by atoms with van der Waals surface area (Å²) < 4.78 is 0. The third kappa shape index (κ3) is 2.94. The van der Waals surface area contributed by atoms with E-state index >= 15 is 0 Å². The molecule has 1 saturated heterocycles. The smallest absolute Gasteiger partial charge is 0.0113 e. The molecule has 1 aliphatic carbocycles. The number of hydrogen-bond donors (Lipinski definition) is 0. The standard InChI is InChI=1S/C13H26N2/c1-3-14-8-10-15(11-9-14)13-6-4-12(2)5-7-13/h12-13H,3-11H2,1-2H3. The number of hydrogen-bond acceptors (Lipinski definition) is 2. The largest absolute Gasteiger partial charge is 0.301 e. The molecular formula is C13H26N2. The molecule has 0 spiro atoms. The fraction of sp³-hybridized carbons (Fsp3) is 1.00. The minimum absolute atomic E-state index is 0.917. The summed E-state index contributed by atoms with van der Waals surface area (Å²) in [5.41, 5.74) is 0. The van der Waals surface area contributed by atoms with E-state index in [1.54, 1.807) is 0 Å². The Morgan fingerprint density at radius 1 is 0.933 bits per heavy atom. The van der Waals surface area contributed by atoms with Gasteiger partial charge in [-0.15, -0.1) is 0 Å². The molecule has 88 valence electrons. The molecule has 0 radical (unpaired) electrons. The second-order valence-corrected chi connectivity index (χ2v) is 5.38. The van der Waals surface area contributed by atoms with E-state index in [2.05, 4.69) is 23.6 Å². The minimum atomic E-state index is 0.917. The Bertz CT molecular complexity index is 177. The predicted molar refractivity (Wildman–Crippen MR) is 65.1 cm³/mol. The maximum atomic E-state index is 2.75. The summed E-state index contributed by atoms with van der Waals surface area (Å²) >= 11 is 0. The molecular weight excluding hydrogens is 184 g/mol. The number of likely N-dealkylation sites (N-methyl/N-ethyl adjacent to an activating group) is 1. The SMILES string of the molecule is CCN1CCN(C2CCC(C)CC2)CC1. The Morgan fingerprint density at radius 2 is 1.53 bits per heavy atom. The van der Waals surface area contributed by atoms with E-state index in [1.807, 2.05) is 0 Å². The molecule has 0 aromatic heterocycles. The predicted octanol–water partition coefficient (Wildman–Crippen LogP) is 2.20. The van der Waals surface area contributed by atoms with E-state index in [-0.39, 0.29) is 0 Å². The van der Waals surface area contributed by atoms with Crippen LogP contribution in [0.4, 0.5) is 0 Å². The van der Waals surface area contributed by atoms with Gasteiger partial charge in [-0.05, 0) is 38.1 Å². The van der Waals surface area contributed by atoms with Gasteiger partial charge in [0.15, 0.2) is 0 Å². The lowest BCUT2D eigenvalue weighted by Crippen LogP contribution is -2.50. The van der Waals surface area contributed by atoms with Crippen LogP contribution in [-0.4, -0.2) is 48.6 Å². The Kier molecular flexibility index (Phi) is 4.04. The number of nitrogens with zero attached hydrogens (tertiary/aromatic N) is 2. The Balaban J connectivity index is 1.75. The lowest BCUT2D eigenvalue weighted by molar-refractivity contribution is 0.0746. The van der Waals surface area contributed by atoms with Crippen LogP contribution in [0.15, 0.2) is 0 Å². The quantitative estimate of drug-likeness (QED) is 0.689. The van der Waals surface area contributed by atoms with Gasteiger partial charge in [0.25, 0.3) is 0 Å². The maximum absolute atomic E-state index is 2.75. The molecule has 0 aromatic rings. The van der Waals surface area contributed by atoms with Crippen molar-refractivity contribution < 1.29 is 0 Å². The van der Waals surface area contributed by atoms with Gasteiger partial charge in [0, 0.05) is 32.2 Å². The van der Waals surface area contributed by atoms with Crippen molar-refractivity contribution in [3.05, 3.63) is 0 Å². The van der Waals surface area contributed by atoms with Gasteiger partial charge in [0.05, 0.1) is 0 Å². The lowest BCUT2D eigenvalue weighted by Gasteiger charge is -2.41. The van der Waals surface area contributed by atoms with Crippen molar-refractivity contribution in [1.82, 2.24) is 9.80 Å². The van der Waals surface area contributed by atoms with Crippen LogP contribution in [0.2, 0.25) is 0 Å². The molecule has 15 heavy (non-hydrogen) atoms. The first-order valence-electron chi connectivity index (χ1n) is 6.76. The average molecular weight is 210 g/mol. The van der Waals surface area contributed by atoms with Crippen LogP contribution in [-0.2, 0) is 0 Å². The van der Waals surface area contributed by atoms with Crippen LogP contribution in [0.5, 0.6) is 0 Å². The third-order valence-electron chi connectivity index (χ3n) is 4.36. The van der Waals surface area contributed by atoms with Crippen molar-refractivity contribution in [3.8, 4) is 0 Å². The minimum Gasteiger partial charge on any atom is -0.301 e. The van der Waals surface area contributed by atoms with Crippen molar-refractivity contribution >= 4 is 0 Å². The van der Waals surface area contributed by atoms with Crippen molar-refractivity contribution in [2.24, 2.45) is 5.92 Å². The normalized spacial score (nSPS) is 35.6. The third-order valence-corrected chi connectivity index (χ3v) is 4.36. The van der Waals surface area contributed by atoms with Crippen LogP contribution in [0.25, 0.3) is 0 Å². The first-order valence-corrected chi connectivity index (χ1v) is 6.76. The van der Waals surface area contributed by atoms with Gasteiger partial charge in [-0.1, -0.05) is 13.8 Å². The first kappa shape index (κ1) is 11.4. The molecule has 1 heterocycles. The molecule has 2 heteroatoms. The highest BCUT2D eigenvalue weighted by molar-refractivity contribution is 4.82. The summed E-state index contributed by atoms with van der Waals surface area (Å²) in [4.78, 5) is 5.32. The van der Waals surface area contributed by atoms with E-state index in [9.17, 15) is 0 Å². The van der Waals surface area contributed by atoms with Gasteiger partial charge in [-0.3, -0.25) is 4.90 Å². The second-order valence-electron chi connectivity index (χ2n) is 5.38. The number of piperazine rings is 1. The summed E-state index contributed by atoms with van der Waals surface area (Å²) in [6.45, 7) is 11.1.